The van der Waals surface area contributed by atoms with Crippen LogP contribution in [0.15, 0.2) is 217 Å². The first-order chi connectivity index (χ1) is 31.2. The van der Waals surface area contributed by atoms with Gasteiger partial charge in [-0.3, -0.25) is 4.57 Å². The summed E-state index contributed by atoms with van der Waals surface area (Å²) in [7, 11) is 0. The average Bonchev–Trinajstić information content (AvgIpc) is 4.02. The summed E-state index contributed by atoms with van der Waals surface area (Å²) >= 11 is 0. The minimum atomic E-state index is 0.572. The Kier molecular flexibility index (Phi) is 7.80. The monoisotopic (exact) mass is 805 g/mol. The molecule has 0 fully saturated rings. The molecule has 0 aliphatic carbocycles. The molecule has 0 radical (unpaired) electrons. The van der Waals surface area contributed by atoms with Crippen molar-refractivity contribution in [1.82, 2.24) is 24.1 Å². The summed E-state index contributed by atoms with van der Waals surface area (Å²) in [5.74, 6) is 1.82. The Morgan fingerprint density at radius 2 is 0.857 bits per heavy atom. The summed E-state index contributed by atoms with van der Waals surface area (Å²) < 4.78 is 11.2. The summed E-state index contributed by atoms with van der Waals surface area (Å²) in [6.07, 6.45) is 0. The van der Waals surface area contributed by atoms with Crippen LogP contribution in [0.4, 0.5) is 0 Å². The largest absolute Gasteiger partial charge is 0.456 e. The number of aromatic nitrogens is 5. The van der Waals surface area contributed by atoms with Gasteiger partial charge in [0.05, 0.1) is 22.1 Å². The van der Waals surface area contributed by atoms with Crippen molar-refractivity contribution in [3.63, 3.8) is 0 Å². The lowest BCUT2D eigenvalue weighted by Crippen LogP contribution is -2.06. The number of rotatable bonds is 6. The number of nitrogens with zero attached hydrogens (tertiary/aromatic N) is 5. The number of hydrogen-bond donors (Lipinski definition) is 0. The van der Waals surface area contributed by atoms with Gasteiger partial charge in [0.25, 0.3) is 0 Å². The molecule has 4 aromatic heterocycles. The van der Waals surface area contributed by atoms with Gasteiger partial charge in [-0.15, -0.1) is 0 Å². The molecule has 0 spiro atoms. The number of fused-ring (bicyclic) bond motifs is 9. The van der Waals surface area contributed by atoms with E-state index in [1.807, 2.05) is 60.7 Å². The molecule has 0 amide bonds. The fraction of sp³-hybridized carbons (Fsp3) is 0. The van der Waals surface area contributed by atoms with Crippen molar-refractivity contribution in [2.75, 3.05) is 0 Å². The van der Waals surface area contributed by atoms with Crippen LogP contribution in [-0.2, 0) is 0 Å². The predicted molar refractivity (Wildman–Crippen MR) is 258 cm³/mol. The van der Waals surface area contributed by atoms with Crippen LogP contribution in [0.1, 0.15) is 0 Å². The Morgan fingerprint density at radius 1 is 0.317 bits per heavy atom. The normalized spacial score (nSPS) is 11.8. The van der Waals surface area contributed by atoms with Crippen molar-refractivity contribution in [1.29, 1.82) is 0 Å². The van der Waals surface area contributed by atoms with E-state index in [0.717, 1.165) is 77.2 Å². The molecule has 0 atom stereocenters. The Bertz CT molecular complexity index is 3850. The topological polar surface area (TPSA) is 61.7 Å². The molecule has 0 saturated heterocycles. The zero-order valence-electron chi connectivity index (χ0n) is 33.9. The van der Waals surface area contributed by atoms with Gasteiger partial charge in [-0.25, -0.2) is 4.98 Å². The van der Waals surface area contributed by atoms with E-state index >= 15 is 0 Å². The zero-order chi connectivity index (χ0) is 41.4. The zero-order valence-corrected chi connectivity index (χ0v) is 33.9. The molecule has 13 rings (SSSR count). The van der Waals surface area contributed by atoms with E-state index in [-0.39, 0.29) is 0 Å². The van der Waals surface area contributed by atoms with Gasteiger partial charge in [-0.1, -0.05) is 152 Å². The van der Waals surface area contributed by atoms with Gasteiger partial charge in [-0.05, 0) is 82.9 Å². The molecule has 6 nitrogen and oxygen atoms in total. The standard InChI is InChI=1S/C57H35N5O/c1-4-16-36(17-5-1)55-58-56(37-18-6-2-7-19-37)60-57(59-55)62-47-26-12-10-22-41(47)45-34-38(30-32-49(45)62)39-31-33-51-46(35-39)54-43(25-15-29-52(54)63-51)42-24-14-28-50-53(42)44-23-11-13-27-48(44)61(50)40-20-8-3-9-21-40/h1-35H. The van der Waals surface area contributed by atoms with Gasteiger partial charge in [0.1, 0.15) is 11.2 Å². The molecule has 63 heavy (non-hydrogen) atoms. The van der Waals surface area contributed by atoms with Crippen molar-refractivity contribution < 1.29 is 4.42 Å². The summed E-state index contributed by atoms with van der Waals surface area (Å²) in [4.78, 5) is 15.2. The number of furan rings is 1. The van der Waals surface area contributed by atoms with Crippen LogP contribution < -0.4 is 0 Å². The number of hydrogen-bond acceptors (Lipinski definition) is 4. The molecule has 4 heterocycles. The third-order valence-corrected chi connectivity index (χ3v) is 12.4. The molecule has 0 aliphatic heterocycles. The average molecular weight is 806 g/mol. The first-order valence-corrected chi connectivity index (χ1v) is 21.2. The maximum absolute atomic E-state index is 6.62. The summed E-state index contributed by atoms with van der Waals surface area (Å²) in [6.45, 7) is 0. The molecule has 0 N–H and O–H groups in total. The Labute approximate surface area is 361 Å². The third-order valence-electron chi connectivity index (χ3n) is 12.4. The Hall–Kier alpha value is -8.61. The summed E-state index contributed by atoms with van der Waals surface area (Å²) in [5.41, 5.74) is 13.7. The van der Waals surface area contributed by atoms with E-state index < -0.39 is 0 Å². The third kappa shape index (κ3) is 5.55. The molecular weight excluding hydrogens is 771 g/mol. The lowest BCUT2D eigenvalue weighted by molar-refractivity contribution is 0.669. The van der Waals surface area contributed by atoms with Crippen molar-refractivity contribution in [2.24, 2.45) is 0 Å². The van der Waals surface area contributed by atoms with Gasteiger partial charge < -0.3 is 8.98 Å². The van der Waals surface area contributed by atoms with Crippen LogP contribution in [0.2, 0.25) is 0 Å². The fourth-order valence-corrected chi connectivity index (χ4v) is 9.60. The summed E-state index contributed by atoms with van der Waals surface area (Å²) in [6, 6.07) is 74.5. The second-order valence-electron chi connectivity index (χ2n) is 16.0. The molecule has 0 saturated carbocycles. The second kappa shape index (κ2) is 14.0. The van der Waals surface area contributed by atoms with Crippen LogP contribution in [0.5, 0.6) is 0 Å². The van der Waals surface area contributed by atoms with E-state index in [9.17, 15) is 0 Å². The summed E-state index contributed by atoms with van der Waals surface area (Å²) in [5, 5.41) is 6.87. The van der Waals surface area contributed by atoms with Crippen LogP contribution in [0.25, 0.3) is 122 Å². The molecule has 0 unspecified atom stereocenters. The number of para-hydroxylation sites is 3. The van der Waals surface area contributed by atoms with Crippen LogP contribution in [0.3, 0.4) is 0 Å². The Balaban J connectivity index is 0.989. The first-order valence-electron chi connectivity index (χ1n) is 21.2. The van der Waals surface area contributed by atoms with Gasteiger partial charge in [0, 0.05) is 49.1 Å². The highest BCUT2D eigenvalue weighted by atomic mass is 16.3. The van der Waals surface area contributed by atoms with Crippen LogP contribution in [0, 0.1) is 0 Å². The van der Waals surface area contributed by atoms with Crippen molar-refractivity contribution in [3.8, 4) is 56.7 Å². The lowest BCUT2D eigenvalue weighted by Gasteiger charge is -2.11. The minimum Gasteiger partial charge on any atom is -0.456 e. The van der Waals surface area contributed by atoms with E-state index in [1.54, 1.807) is 0 Å². The van der Waals surface area contributed by atoms with Gasteiger partial charge in [0.2, 0.25) is 5.95 Å². The predicted octanol–water partition coefficient (Wildman–Crippen LogP) is 14.6. The molecular formula is C57H35N5O. The minimum absolute atomic E-state index is 0.572. The smallest absolute Gasteiger partial charge is 0.238 e. The second-order valence-corrected chi connectivity index (χ2v) is 16.0. The first kappa shape index (κ1) is 35.2. The molecule has 294 valence electrons. The van der Waals surface area contributed by atoms with E-state index in [2.05, 4.69) is 161 Å². The Morgan fingerprint density at radius 3 is 1.57 bits per heavy atom. The highest BCUT2D eigenvalue weighted by molar-refractivity contribution is 6.21. The van der Waals surface area contributed by atoms with Gasteiger partial charge in [0.15, 0.2) is 11.6 Å². The quantitative estimate of drug-likeness (QED) is 0.168. The van der Waals surface area contributed by atoms with Crippen molar-refractivity contribution in [3.05, 3.63) is 212 Å². The molecule has 0 bridgehead atoms. The molecule has 9 aromatic carbocycles. The highest BCUT2D eigenvalue weighted by Crippen LogP contribution is 2.44. The van der Waals surface area contributed by atoms with Gasteiger partial charge in [-0.2, -0.15) is 9.97 Å². The fourth-order valence-electron chi connectivity index (χ4n) is 9.60. The molecule has 13 aromatic rings. The SMILES string of the molecule is c1ccc(-c2nc(-c3ccccc3)nc(-n3c4ccccc4c4cc(-c5ccc6oc7cccc(-c8cccc9c8c8ccccc8n9-c8ccccc8)c7c6c5)ccc43)n2)cc1. The van der Waals surface area contributed by atoms with Crippen molar-refractivity contribution >= 4 is 65.6 Å². The van der Waals surface area contributed by atoms with Gasteiger partial charge >= 0.3 is 0 Å². The highest BCUT2D eigenvalue weighted by Gasteiger charge is 2.21. The van der Waals surface area contributed by atoms with Crippen molar-refractivity contribution in [2.45, 2.75) is 0 Å². The van der Waals surface area contributed by atoms with Crippen LogP contribution in [-0.4, -0.2) is 24.1 Å². The lowest BCUT2D eigenvalue weighted by atomic mass is 9.94. The maximum atomic E-state index is 6.62. The molecule has 0 aliphatic rings. The molecule has 6 heteroatoms. The van der Waals surface area contributed by atoms with Crippen LogP contribution >= 0.6 is 0 Å². The maximum Gasteiger partial charge on any atom is 0.238 e. The van der Waals surface area contributed by atoms with E-state index in [1.165, 1.54) is 27.4 Å². The van der Waals surface area contributed by atoms with E-state index in [0.29, 0.717) is 17.6 Å². The van der Waals surface area contributed by atoms with E-state index in [4.69, 9.17) is 19.4 Å². The number of benzene rings is 9.